The predicted molar refractivity (Wildman–Crippen MR) is 73.4 cm³/mol. The van der Waals surface area contributed by atoms with Gasteiger partial charge in [0.25, 0.3) is 10.1 Å². The summed E-state index contributed by atoms with van der Waals surface area (Å²) in [5, 5.41) is 2.80. The number of ether oxygens (including phenoxy) is 2. The standard InChI is InChI=1S/C10H19NO6S2/c1-8(2)11-7-17-10(18)16-6-9(12)4-3-5-19(13,14)15/h8,11H,3-7H2,1-2H3,(H,13,14,15). The van der Waals surface area contributed by atoms with Crippen LogP contribution in [-0.4, -0.2) is 49.1 Å². The Bertz CT molecular complexity index is 393. The molecule has 0 aromatic carbocycles. The molecule has 0 spiro atoms. The highest BCUT2D eigenvalue weighted by atomic mass is 32.2. The van der Waals surface area contributed by atoms with Gasteiger partial charge in [-0.3, -0.25) is 14.7 Å². The number of Topliss-reactive ketones (excluding diaryl/α,β-unsaturated/α-hetero) is 1. The average Bonchev–Trinajstić information content (AvgIpc) is 2.24. The minimum Gasteiger partial charge on any atom is -0.449 e. The first kappa shape index (κ1) is 18.2. The van der Waals surface area contributed by atoms with E-state index in [1.165, 1.54) is 0 Å². The first-order valence-electron chi connectivity index (χ1n) is 5.70. The maximum atomic E-state index is 11.3. The molecule has 0 amide bonds. The minimum absolute atomic E-state index is 0.00729. The van der Waals surface area contributed by atoms with E-state index >= 15 is 0 Å². The molecule has 0 rings (SSSR count). The van der Waals surface area contributed by atoms with Gasteiger partial charge in [-0.25, -0.2) is 0 Å². The van der Waals surface area contributed by atoms with E-state index in [0.717, 1.165) is 0 Å². The van der Waals surface area contributed by atoms with Crippen LogP contribution in [0.3, 0.4) is 0 Å². The number of thiocarbonyl (C=S) groups is 1. The molecule has 7 nitrogen and oxygen atoms in total. The van der Waals surface area contributed by atoms with Crippen LogP contribution in [0, 0.1) is 0 Å². The molecule has 0 saturated carbocycles. The van der Waals surface area contributed by atoms with Crippen molar-refractivity contribution < 1.29 is 27.2 Å². The fraction of sp³-hybridized carbons (Fsp3) is 0.800. The summed E-state index contributed by atoms with van der Waals surface area (Å²) in [6.45, 7) is 3.79. The topological polar surface area (TPSA) is 102 Å². The van der Waals surface area contributed by atoms with Crippen LogP contribution in [0.15, 0.2) is 0 Å². The van der Waals surface area contributed by atoms with Gasteiger partial charge in [0, 0.05) is 24.7 Å². The van der Waals surface area contributed by atoms with Crippen molar-refractivity contribution in [3.8, 4) is 0 Å². The van der Waals surface area contributed by atoms with Gasteiger partial charge in [0.05, 0.1) is 5.75 Å². The van der Waals surface area contributed by atoms with Gasteiger partial charge < -0.3 is 9.47 Å². The molecule has 0 unspecified atom stereocenters. The molecular weight excluding hydrogens is 294 g/mol. The molecule has 19 heavy (non-hydrogen) atoms. The zero-order valence-corrected chi connectivity index (χ0v) is 12.6. The molecule has 0 saturated heterocycles. The summed E-state index contributed by atoms with van der Waals surface area (Å²) in [6, 6.07) is 0.241. The quantitative estimate of drug-likeness (QED) is 0.360. The average molecular weight is 313 g/mol. The molecule has 0 aliphatic rings. The van der Waals surface area contributed by atoms with Crippen LogP contribution < -0.4 is 5.32 Å². The van der Waals surface area contributed by atoms with Gasteiger partial charge in [0.1, 0.15) is 6.73 Å². The van der Waals surface area contributed by atoms with Crippen molar-refractivity contribution in [1.29, 1.82) is 0 Å². The van der Waals surface area contributed by atoms with Crippen LogP contribution in [-0.2, 0) is 24.4 Å². The van der Waals surface area contributed by atoms with E-state index in [1.807, 2.05) is 13.8 Å². The van der Waals surface area contributed by atoms with Gasteiger partial charge >= 0.3 is 5.24 Å². The van der Waals surface area contributed by atoms with E-state index in [-0.39, 0.29) is 43.2 Å². The van der Waals surface area contributed by atoms with Crippen LogP contribution in [0.25, 0.3) is 0 Å². The van der Waals surface area contributed by atoms with Crippen molar-refractivity contribution in [3.05, 3.63) is 0 Å². The second kappa shape index (κ2) is 9.18. The van der Waals surface area contributed by atoms with Gasteiger partial charge in [-0.1, -0.05) is 0 Å². The molecule has 0 atom stereocenters. The first-order valence-corrected chi connectivity index (χ1v) is 7.72. The summed E-state index contributed by atoms with van der Waals surface area (Å²) in [5.41, 5.74) is 0. The smallest absolute Gasteiger partial charge is 0.354 e. The lowest BCUT2D eigenvalue weighted by Gasteiger charge is -2.11. The third kappa shape index (κ3) is 13.5. The summed E-state index contributed by atoms with van der Waals surface area (Å²) in [7, 11) is -4.02. The fourth-order valence-electron chi connectivity index (χ4n) is 0.972. The summed E-state index contributed by atoms with van der Waals surface area (Å²) < 4.78 is 39.2. The number of hydrogen-bond acceptors (Lipinski definition) is 7. The van der Waals surface area contributed by atoms with Crippen LogP contribution in [0.4, 0.5) is 0 Å². The van der Waals surface area contributed by atoms with Crippen LogP contribution in [0.1, 0.15) is 26.7 Å². The van der Waals surface area contributed by atoms with E-state index in [9.17, 15) is 13.2 Å². The Kier molecular flexibility index (Phi) is 8.81. The maximum Gasteiger partial charge on any atom is 0.354 e. The van der Waals surface area contributed by atoms with Gasteiger partial charge in [0.15, 0.2) is 12.4 Å². The van der Waals surface area contributed by atoms with Gasteiger partial charge in [-0.05, 0) is 20.3 Å². The fourth-order valence-corrected chi connectivity index (χ4v) is 1.60. The highest BCUT2D eigenvalue weighted by molar-refractivity contribution is 7.85. The van der Waals surface area contributed by atoms with E-state index < -0.39 is 15.9 Å². The third-order valence-electron chi connectivity index (χ3n) is 1.89. The molecule has 0 bridgehead atoms. The van der Waals surface area contributed by atoms with E-state index in [0.29, 0.717) is 0 Å². The first-order chi connectivity index (χ1) is 8.70. The second-order valence-electron chi connectivity index (χ2n) is 4.11. The number of carbonyl (C=O) groups is 1. The Morgan fingerprint density at radius 1 is 1.37 bits per heavy atom. The molecule has 112 valence electrons. The highest BCUT2D eigenvalue weighted by Gasteiger charge is 2.09. The van der Waals surface area contributed by atoms with Crippen molar-refractivity contribution in [3.63, 3.8) is 0 Å². The number of rotatable bonds is 9. The Morgan fingerprint density at radius 2 is 2.00 bits per heavy atom. The van der Waals surface area contributed by atoms with Gasteiger partial charge in [-0.15, -0.1) is 0 Å². The summed E-state index contributed by atoms with van der Waals surface area (Å²) >= 11 is 4.72. The number of hydrogen-bond donors (Lipinski definition) is 2. The SMILES string of the molecule is CC(C)NCOC(=S)OCC(=O)CCCS(=O)(=O)O. The Labute approximate surface area is 118 Å². The van der Waals surface area contributed by atoms with Crippen molar-refractivity contribution in [1.82, 2.24) is 5.32 Å². The number of nitrogens with one attached hydrogen (secondary N) is 1. The second-order valence-corrected chi connectivity index (χ2v) is 6.02. The Hall–Kier alpha value is -0.770. The molecule has 0 aromatic rings. The normalized spacial score (nSPS) is 11.4. The molecule has 0 aliphatic carbocycles. The van der Waals surface area contributed by atoms with Crippen LogP contribution in [0.2, 0.25) is 0 Å². The molecule has 2 N–H and O–H groups in total. The third-order valence-corrected chi connectivity index (χ3v) is 2.93. The lowest BCUT2D eigenvalue weighted by atomic mass is 10.2. The van der Waals surface area contributed by atoms with Crippen LogP contribution in [0.5, 0.6) is 0 Å². The van der Waals surface area contributed by atoms with Crippen molar-refractivity contribution in [2.75, 3.05) is 19.1 Å². The zero-order valence-electron chi connectivity index (χ0n) is 10.9. The van der Waals surface area contributed by atoms with Crippen molar-refractivity contribution in [2.45, 2.75) is 32.7 Å². The van der Waals surface area contributed by atoms with E-state index in [4.69, 9.17) is 26.2 Å². The van der Waals surface area contributed by atoms with Gasteiger partial charge in [-0.2, -0.15) is 8.42 Å². The monoisotopic (exact) mass is 313 g/mol. The molecule has 0 aromatic heterocycles. The van der Waals surface area contributed by atoms with Crippen molar-refractivity contribution in [2.24, 2.45) is 0 Å². The highest BCUT2D eigenvalue weighted by Crippen LogP contribution is 1.97. The van der Waals surface area contributed by atoms with Crippen LogP contribution >= 0.6 is 12.2 Å². The maximum absolute atomic E-state index is 11.3. The summed E-state index contributed by atoms with van der Waals surface area (Å²) in [5.74, 6) is -0.760. The lowest BCUT2D eigenvalue weighted by molar-refractivity contribution is -0.121. The number of carbonyl (C=O) groups excluding carboxylic acids is 1. The molecule has 0 fully saturated rings. The van der Waals surface area contributed by atoms with Crippen molar-refractivity contribution >= 4 is 33.4 Å². The predicted octanol–water partition coefficient (Wildman–Crippen LogP) is 0.497. The largest absolute Gasteiger partial charge is 0.449 e. The molecule has 0 aliphatic heterocycles. The summed E-state index contributed by atoms with van der Waals surface area (Å²) in [6.07, 6.45) is 0.0379. The van der Waals surface area contributed by atoms with Gasteiger partial charge in [0.2, 0.25) is 0 Å². The molecule has 9 heteroatoms. The Morgan fingerprint density at radius 3 is 2.53 bits per heavy atom. The lowest BCUT2D eigenvalue weighted by Crippen LogP contribution is -2.28. The van der Waals surface area contributed by atoms with E-state index in [1.54, 1.807) is 0 Å². The number of ketones is 1. The molecule has 0 heterocycles. The molecule has 0 radical (unpaired) electrons. The molecular formula is C10H19NO6S2. The zero-order chi connectivity index (χ0) is 14.9. The summed E-state index contributed by atoms with van der Waals surface area (Å²) in [4.78, 5) is 11.3. The Balaban J connectivity index is 3.64. The minimum atomic E-state index is -4.02. The van der Waals surface area contributed by atoms with E-state index in [2.05, 4.69) is 5.32 Å².